The molecule has 0 unspecified atom stereocenters. The fourth-order valence-corrected chi connectivity index (χ4v) is 2.92. The number of ether oxygens (including phenoxy) is 2. The molecule has 0 aromatic heterocycles. The Balaban J connectivity index is 1.82. The minimum absolute atomic E-state index is 0.107. The molecule has 0 saturated heterocycles. The smallest absolute Gasteiger partial charge is 0.170 e. The van der Waals surface area contributed by atoms with Crippen LogP contribution in [-0.4, -0.2) is 12.1 Å². The molecule has 0 aliphatic carbocycles. The molecule has 0 amide bonds. The fourth-order valence-electron chi connectivity index (χ4n) is 2.92. The number of hydrogen-bond donors (Lipinski definition) is 1. The molecule has 0 spiro atoms. The van der Waals surface area contributed by atoms with Crippen molar-refractivity contribution in [2.45, 2.75) is 46.6 Å². The van der Waals surface area contributed by atoms with Gasteiger partial charge in [0.1, 0.15) is 11.5 Å². The van der Waals surface area contributed by atoms with Crippen molar-refractivity contribution in [2.75, 3.05) is 6.54 Å². The minimum Gasteiger partial charge on any atom is -0.453 e. The SMILES string of the molecule is Cc1ccc(Oc2ccc(CCNC(C)(C)C)cc2Oc2ccc(C)cc2)cc1. The van der Waals surface area contributed by atoms with Crippen LogP contribution in [0.4, 0.5) is 0 Å². The van der Waals surface area contributed by atoms with E-state index in [9.17, 15) is 0 Å². The van der Waals surface area contributed by atoms with E-state index in [1.807, 2.05) is 54.6 Å². The van der Waals surface area contributed by atoms with Crippen molar-refractivity contribution in [2.24, 2.45) is 0 Å². The number of nitrogens with one attached hydrogen (secondary N) is 1. The van der Waals surface area contributed by atoms with Crippen molar-refractivity contribution < 1.29 is 9.47 Å². The first-order valence-electron chi connectivity index (χ1n) is 10.2. The molecule has 3 heteroatoms. The first-order chi connectivity index (χ1) is 13.8. The molecule has 0 heterocycles. The fraction of sp³-hybridized carbons (Fsp3) is 0.308. The Bertz CT molecular complexity index is 922. The summed E-state index contributed by atoms with van der Waals surface area (Å²) in [6.07, 6.45) is 0.923. The zero-order valence-electron chi connectivity index (χ0n) is 18.1. The van der Waals surface area contributed by atoms with Crippen molar-refractivity contribution in [1.29, 1.82) is 0 Å². The Morgan fingerprint density at radius 3 is 1.72 bits per heavy atom. The monoisotopic (exact) mass is 389 g/mol. The molecule has 1 N–H and O–H groups in total. The average Bonchev–Trinajstić information content (AvgIpc) is 2.66. The zero-order chi connectivity index (χ0) is 20.9. The van der Waals surface area contributed by atoms with Gasteiger partial charge in [0.15, 0.2) is 11.5 Å². The minimum atomic E-state index is 0.107. The highest BCUT2D eigenvalue weighted by Crippen LogP contribution is 2.36. The Morgan fingerprint density at radius 1 is 0.690 bits per heavy atom. The van der Waals surface area contributed by atoms with Crippen LogP contribution >= 0.6 is 0 Å². The summed E-state index contributed by atoms with van der Waals surface area (Å²) < 4.78 is 12.3. The van der Waals surface area contributed by atoms with E-state index in [0.29, 0.717) is 5.75 Å². The van der Waals surface area contributed by atoms with Crippen LogP contribution in [-0.2, 0) is 6.42 Å². The second kappa shape index (κ2) is 9.15. The Hall–Kier alpha value is -2.78. The van der Waals surface area contributed by atoms with Gasteiger partial charge in [0.05, 0.1) is 0 Å². The van der Waals surface area contributed by atoms with Crippen LogP contribution in [0.3, 0.4) is 0 Å². The standard InChI is InChI=1S/C26H31NO2/c1-19-6-11-22(12-7-19)28-24-15-10-21(16-17-27-26(3,4)5)18-25(24)29-23-13-8-20(2)9-14-23/h6-15,18,27H,16-17H2,1-5H3. The lowest BCUT2D eigenvalue weighted by Crippen LogP contribution is -2.37. The molecule has 3 nitrogen and oxygen atoms in total. The van der Waals surface area contributed by atoms with E-state index in [-0.39, 0.29) is 5.54 Å². The third kappa shape index (κ3) is 6.65. The number of benzene rings is 3. The number of hydrogen-bond acceptors (Lipinski definition) is 3. The summed E-state index contributed by atoms with van der Waals surface area (Å²) in [5.74, 6) is 3.03. The summed E-state index contributed by atoms with van der Waals surface area (Å²) in [5, 5.41) is 3.53. The molecule has 0 saturated carbocycles. The van der Waals surface area contributed by atoms with Crippen LogP contribution in [0.1, 0.15) is 37.5 Å². The molecule has 3 aromatic rings. The molecular formula is C26H31NO2. The molecule has 0 atom stereocenters. The Labute approximate surface area is 174 Å². The van der Waals surface area contributed by atoms with Gasteiger partial charge in [0, 0.05) is 5.54 Å². The highest BCUT2D eigenvalue weighted by atomic mass is 16.5. The van der Waals surface area contributed by atoms with E-state index in [1.165, 1.54) is 16.7 Å². The quantitative estimate of drug-likeness (QED) is 0.481. The third-order valence-electron chi connectivity index (χ3n) is 4.57. The van der Waals surface area contributed by atoms with E-state index in [4.69, 9.17) is 9.47 Å². The van der Waals surface area contributed by atoms with Gasteiger partial charge in [-0.15, -0.1) is 0 Å². The zero-order valence-corrected chi connectivity index (χ0v) is 18.1. The summed E-state index contributed by atoms with van der Waals surface area (Å²) >= 11 is 0. The topological polar surface area (TPSA) is 30.5 Å². The van der Waals surface area contributed by atoms with E-state index in [2.05, 4.69) is 52.1 Å². The van der Waals surface area contributed by atoms with Gasteiger partial charge < -0.3 is 14.8 Å². The first kappa shape index (κ1) is 20.9. The predicted molar refractivity (Wildman–Crippen MR) is 120 cm³/mol. The van der Waals surface area contributed by atoms with Crippen molar-refractivity contribution in [3.8, 4) is 23.0 Å². The Morgan fingerprint density at radius 2 is 1.21 bits per heavy atom. The van der Waals surface area contributed by atoms with E-state index in [0.717, 1.165) is 30.2 Å². The van der Waals surface area contributed by atoms with Gasteiger partial charge in [-0.3, -0.25) is 0 Å². The normalized spacial score (nSPS) is 11.3. The van der Waals surface area contributed by atoms with Crippen molar-refractivity contribution in [3.05, 3.63) is 83.4 Å². The van der Waals surface area contributed by atoms with Crippen LogP contribution in [0.15, 0.2) is 66.7 Å². The summed E-state index contributed by atoms with van der Waals surface area (Å²) in [6, 6.07) is 22.3. The highest BCUT2D eigenvalue weighted by molar-refractivity contribution is 5.48. The van der Waals surface area contributed by atoms with Crippen LogP contribution in [0.2, 0.25) is 0 Å². The number of rotatable bonds is 7. The number of aryl methyl sites for hydroxylation is 2. The molecule has 0 aliphatic heterocycles. The largest absolute Gasteiger partial charge is 0.453 e. The van der Waals surface area contributed by atoms with Gasteiger partial charge in [-0.05, 0) is 89.5 Å². The lowest BCUT2D eigenvalue weighted by atomic mass is 10.1. The highest BCUT2D eigenvalue weighted by Gasteiger charge is 2.12. The molecule has 0 radical (unpaired) electrons. The summed E-state index contributed by atoms with van der Waals surface area (Å²) in [6.45, 7) is 11.6. The third-order valence-corrected chi connectivity index (χ3v) is 4.57. The lowest BCUT2D eigenvalue weighted by Gasteiger charge is -2.20. The molecule has 29 heavy (non-hydrogen) atoms. The van der Waals surface area contributed by atoms with E-state index >= 15 is 0 Å². The predicted octanol–water partition coefficient (Wildman–Crippen LogP) is 6.82. The van der Waals surface area contributed by atoms with E-state index < -0.39 is 0 Å². The molecule has 0 aliphatic rings. The maximum absolute atomic E-state index is 6.20. The lowest BCUT2D eigenvalue weighted by molar-refractivity contribution is 0.416. The van der Waals surface area contributed by atoms with Crippen molar-refractivity contribution >= 4 is 0 Å². The van der Waals surface area contributed by atoms with Gasteiger partial charge in [-0.2, -0.15) is 0 Å². The van der Waals surface area contributed by atoms with Gasteiger partial charge in [0.25, 0.3) is 0 Å². The molecule has 0 bridgehead atoms. The molecular weight excluding hydrogens is 358 g/mol. The van der Waals surface area contributed by atoms with Crippen LogP contribution in [0.25, 0.3) is 0 Å². The molecule has 3 rings (SSSR count). The molecule has 152 valence electrons. The van der Waals surface area contributed by atoms with Crippen LogP contribution in [0, 0.1) is 13.8 Å². The van der Waals surface area contributed by atoms with Crippen molar-refractivity contribution in [1.82, 2.24) is 5.32 Å². The van der Waals surface area contributed by atoms with Crippen LogP contribution in [0.5, 0.6) is 23.0 Å². The van der Waals surface area contributed by atoms with Gasteiger partial charge in [-0.1, -0.05) is 41.5 Å². The van der Waals surface area contributed by atoms with Crippen molar-refractivity contribution in [3.63, 3.8) is 0 Å². The van der Waals surface area contributed by atoms with E-state index in [1.54, 1.807) is 0 Å². The summed E-state index contributed by atoms with van der Waals surface area (Å²) in [7, 11) is 0. The van der Waals surface area contributed by atoms with Gasteiger partial charge in [0.2, 0.25) is 0 Å². The Kier molecular flexibility index (Phi) is 6.60. The average molecular weight is 390 g/mol. The summed E-state index contributed by atoms with van der Waals surface area (Å²) in [4.78, 5) is 0. The molecule has 0 fully saturated rings. The summed E-state index contributed by atoms with van der Waals surface area (Å²) in [5.41, 5.74) is 3.72. The maximum atomic E-state index is 6.20. The second-order valence-corrected chi connectivity index (χ2v) is 8.54. The second-order valence-electron chi connectivity index (χ2n) is 8.54. The molecule has 3 aromatic carbocycles. The van der Waals surface area contributed by atoms with Gasteiger partial charge >= 0.3 is 0 Å². The first-order valence-corrected chi connectivity index (χ1v) is 10.2. The van der Waals surface area contributed by atoms with Crippen LogP contribution < -0.4 is 14.8 Å². The maximum Gasteiger partial charge on any atom is 0.170 e. The van der Waals surface area contributed by atoms with Gasteiger partial charge in [-0.25, -0.2) is 0 Å².